The third kappa shape index (κ3) is 4.98. The van der Waals surface area contributed by atoms with Crippen molar-refractivity contribution in [2.75, 3.05) is 6.54 Å². The van der Waals surface area contributed by atoms with Gasteiger partial charge in [-0.15, -0.1) is 0 Å². The lowest BCUT2D eigenvalue weighted by atomic mass is 9.97. The Kier molecular flexibility index (Phi) is 5.40. The molecular formula is C12H21NO2. The van der Waals surface area contributed by atoms with Gasteiger partial charge in [-0.25, -0.2) is 4.79 Å². The Morgan fingerprint density at radius 3 is 2.87 bits per heavy atom. The van der Waals surface area contributed by atoms with Crippen molar-refractivity contribution < 1.29 is 9.90 Å². The monoisotopic (exact) mass is 211 g/mol. The molecule has 1 rings (SSSR count). The summed E-state index contributed by atoms with van der Waals surface area (Å²) in [5.41, 5.74) is 0. The maximum atomic E-state index is 10.3. The minimum Gasteiger partial charge on any atom is -0.478 e. The van der Waals surface area contributed by atoms with Gasteiger partial charge in [0.2, 0.25) is 0 Å². The highest BCUT2D eigenvalue weighted by atomic mass is 16.4. The van der Waals surface area contributed by atoms with Gasteiger partial charge in [0.1, 0.15) is 0 Å². The fourth-order valence-electron chi connectivity index (χ4n) is 2.18. The van der Waals surface area contributed by atoms with Crippen LogP contribution in [0.5, 0.6) is 0 Å². The van der Waals surface area contributed by atoms with Crippen molar-refractivity contribution in [2.24, 2.45) is 5.92 Å². The van der Waals surface area contributed by atoms with Crippen LogP contribution in [0.4, 0.5) is 0 Å². The van der Waals surface area contributed by atoms with Gasteiger partial charge in [0.15, 0.2) is 0 Å². The van der Waals surface area contributed by atoms with Gasteiger partial charge in [-0.3, -0.25) is 0 Å². The topological polar surface area (TPSA) is 49.3 Å². The zero-order valence-electron chi connectivity index (χ0n) is 9.41. The summed E-state index contributed by atoms with van der Waals surface area (Å²) in [5, 5.41) is 11.8. The van der Waals surface area contributed by atoms with Crippen LogP contribution in [0.2, 0.25) is 0 Å². The van der Waals surface area contributed by atoms with Crippen LogP contribution in [-0.4, -0.2) is 23.7 Å². The molecule has 0 aromatic heterocycles. The largest absolute Gasteiger partial charge is 0.478 e. The highest BCUT2D eigenvalue weighted by Crippen LogP contribution is 2.22. The van der Waals surface area contributed by atoms with Crippen molar-refractivity contribution in [1.82, 2.24) is 5.32 Å². The summed E-state index contributed by atoms with van der Waals surface area (Å²) in [6, 6.07) is 0.561. The highest BCUT2D eigenvalue weighted by molar-refractivity contribution is 5.79. The van der Waals surface area contributed by atoms with Gasteiger partial charge in [-0.05, 0) is 18.8 Å². The van der Waals surface area contributed by atoms with Crippen LogP contribution in [0.1, 0.15) is 39.0 Å². The van der Waals surface area contributed by atoms with E-state index in [0.717, 1.165) is 0 Å². The van der Waals surface area contributed by atoms with Gasteiger partial charge < -0.3 is 10.4 Å². The molecule has 3 heteroatoms. The van der Waals surface area contributed by atoms with Crippen LogP contribution in [-0.2, 0) is 4.79 Å². The van der Waals surface area contributed by atoms with Crippen molar-refractivity contribution in [3.8, 4) is 0 Å². The molecule has 0 saturated heterocycles. The molecule has 1 fully saturated rings. The van der Waals surface area contributed by atoms with Crippen LogP contribution >= 0.6 is 0 Å². The summed E-state index contributed by atoms with van der Waals surface area (Å²) < 4.78 is 0. The van der Waals surface area contributed by atoms with E-state index in [1.165, 1.54) is 38.2 Å². The van der Waals surface area contributed by atoms with Crippen molar-refractivity contribution in [3.63, 3.8) is 0 Å². The summed E-state index contributed by atoms with van der Waals surface area (Å²) >= 11 is 0. The fraction of sp³-hybridized carbons (Fsp3) is 0.750. The van der Waals surface area contributed by atoms with E-state index in [-0.39, 0.29) is 0 Å². The number of carbonyl (C=O) groups is 1. The van der Waals surface area contributed by atoms with Crippen LogP contribution in [0.25, 0.3) is 0 Å². The van der Waals surface area contributed by atoms with E-state index in [1.807, 2.05) is 0 Å². The molecule has 3 nitrogen and oxygen atoms in total. The van der Waals surface area contributed by atoms with E-state index >= 15 is 0 Å². The predicted molar refractivity (Wildman–Crippen MR) is 60.8 cm³/mol. The van der Waals surface area contributed by atoms with E-state index in [0.29, 0.717) is 18.5 Å². The number of aliphatic carboxylic acids is 1. The molecule has 0 bridgehead atoms. The number of rotatable bonds is 4. The number of nitrogens with one attached hydrogen (secondary N) is 1. The van der Waals surface area contributed by atoms with Crippen molar-refractivity contribution >= 4 is 5.97 Å². The van der Waals surface area contributed by atoms with E-state index in [2.05, 4.69) is 12.2 Å². The fourth-order valence-corrected chi connectivity index (χ4v) is 2.18. The number of carboxylic acids is 1. The Morgan fingerprint density at radius 2 is 2.13 bits per heavy atom. The van der Waals surface area contributed by atoms with Crippen LogP contribution in [0, 0.1) is 5.92 Å². The summed E-state index contributed by atoms with van der Waals surface area (Å²) in [4.78, 5) is 10.3. The Balaban J connectivity index is 2.26. The first-order chi connectivity index (χ1) is 7.20. The second-order valence-electron chi connectivity index (χ2n) is 4.37. The summed E-state index contributed by atoms with van der Waals surface area (Å²) in [6.07, 6.45) is 9.37. The Hall–Kier alpha value is -0.830. The van der Waals surface area contributed by atoms with E-state index in [9.17, 15) is 4.79 Å². The average Bonchev–Trinajstić information content (AvgIpc) is 2.38. The first kappa shape index (κ1) is 12.2. The van der Waals surface area contributed by atoms with Gasteiger partial charge in [0.25, 0.3) is 0 Å². The molecule has 0 aromatic rings. The average molecular weight is 211 g/mol. The molecule has 0 amide bonds. The lowest BCUT2D eigenvalue weighted by Crippen LogP contribution is -2.34. The minimum absolute atomic E-state index is 0.561. The molecule has 2 unspecified atom stereocenters. The molecule has 15 heavy (non-hydrogen) atoms. The van der Waals surface area contributed by atoms with Gasteiger partial charge in [-0.1, -0.05) is 32.3 Å². The summed E-state index contributed by atoms with van der Waals surface area (Å²) in [6.45, 7) is 2.95. The SMILES string of the molecule is CC1CCCCCC1NC/C=C/C(=O)O. The molecule has 0 radical (unpaired) electrons. The molecule has 0 aromatic carbocycles. The van der Waals surface area contributed by atoms with Gasteiger partial charge >= 0.3 is 5.97 Å². The number of hydrogen-bond donors (Lipinski definition) is 2. The van der Waals surface area contributed by atoms with E-state index < -0.39 is 5.97 Å². The lowest BCUT2D eigenvalue weighted by Gasteiger charge is -2.21. The normalized spacial score (nSPS) is 27.8. The third-order valence-electron chi connectivity index (χ3n) is 3.12. The van der Waals surface area contributed by atoms with Crippen LogP contribution < -0.4 is 5.32 Å². The van der Waals surface area contributed by atoms with Gasteiger partial charge in [0, 0.05) is 18.7 Å². The Labute approximate surface area is 91.6 Å². The Bertz CT molecular complexity index is 226. The first-order valence-electron chi connectivity index (χ1n) is 5.83. The van der Waals surface area contributed by atoms with Crippen LogP contribution in [0.15, 0.2) is 12.2 Å². The zero-order valence-corrected chi connectivity index (χ0v) is 9.41. The molecule has 2 atom stereocenters. The van der Waals surface area contributed by atoms with Crippen LogP contribution in [0.3, 0.4) is 0 Å². The molecule has 1 saturated carbocycles. The third-order valence-corrected chi connectivity index (χ3v) is 3.12. The maximum absolute atomic E-state index is 10.3. The Morgan fingerprint density at radius 1 is 1.40 bits per heavy atom. The highest BCUT2D eigenvalue weighted by Gasteiger charge is 2.18. The molecule has 0 heterocycles. The summed E-state index contributed by atoms with van der Waals surface area (Å²) in [7, 11) is 0. The lowest BCUT2D eigenvalue weighted by molar-refractivity contribution is -0.131. The van der Waals surface area contributed by atoms with Crippen molar-refractivity contribution in [3.05, 3.63) is 12.2 Å². The molecule has 1 aliphatic carbocycles. The van der Waals surface area contributed by atoms with E-state index in [4.69, 9.17) is 5.11 Å². The van der Waals surface area contributed by atoms with Gasteiger partial charge in [0.05, 0.1) is 0 Å². The second-order valence-corrected chi connectivity index (χ2v) is 4.37. The molecule has 0 spiro atoms. The number of hydrogen-bond acceptors (Lipinski definition) is 2. The van der Waals surface area contributed by atoms with E-state index in [1.54, 1.807) is 6.08 Å². The molecule has 86 valence electrons. The smallest absolute Gasteiger partial charge is 0.328 e. The van der Waals surface area contributed by atoms with Crippen molar-refractivity contribution in [2.45, 2.75) is 45.1 Å². The quantitative estimate of drug-likeness (QED) is 0.553. The van der Waals surface area contributed by atoms with Gasteiger partial charge in [-0.2, -0.15) is 0 Å². The number of carboxylic acid groups (broad SMARTS) is 1. The first-order valence-corrected chi connectivity index (χ1v) is 5.83. The molecular weight excluding hydrogens is 190 g/mol. The second kappa shape index (κ2) is 6.62. The standard InChI is InChI=1S/C12H21NO2/c1-10-6-3-2-4-7-11(10)13-9-5-8-12(14)15/h5,8,10-11,13H,2-4,6-7,9H2,1H3,(H,14,15)/b8-5+. The summed E-state index contributed by atoms with van der Waals surface area (Å²) in [5.74, 6) is -0.156. The van der Waals surface area contributed by atoms with Crippen molar-refractivity contribution in [1.29, 1.82) is 0 Å². The predicted octanol–water partition coefficient (Wildman–Crippen LogP) is 2.19. The maximum Gasteiger partial charge on any atom is 0.328 e. The molecule has 2 N–H and O–H groups in total. The zero-order chi connectivity index (χ0) is 11.1. The molecule has 1 aliphatic rings. The molecule has 0 aliphatic heterocycles. The minimum atomic E-state index is -0.870.